The molecule has 0 spiro atoms. The lowest BCUT2D eigenvalue weighted by Gasteiger charge is -2.37. The van der Waals surface area contributed by atoms with Gasteiger partial charge in [0.2, 0.25) is 0 Å². The molecule has 36 heavy (non-hydrogen) atoms. The normalized spacial score (nSPS) is 14.4. The van der Waals surface area contributed by atoms with Crippen molar-refractivity contribution in [2.24, 2.45) is 0 Å². The fraction of sp³-hybridized carbons (Fsp3) is 0.552. The van der Waals surface area contributed by atoms with E-state index in [1.165, 1.54) is 6.07 Å². The lowest BCUT2D eigenvalue weighted by Crippen LogP contribution is -2.49. The van der Waals surface area contributed by atoms with Crippen molar-refractivity contribution in [1.82, 2.24) is 15.1 Å². The molecule has 0 unspecified atom stereocenters. The van der Waals surface area contributed by atoms with E-state index in [9.17, 15) is 9.18 Å². The topological polar surface area (TPSA) is 54.0 Å². The maximum absolute atomic E-state index is 14.3. The molecule has 1 N–H and O–H groups in total. The maximum Gasteiger partial charge on any atom is 0.318 e. The van der Waals surface area contributed by atoms with Gasteiger partial charge in [-0.25, -0.2) is 9.18 Å². The van der Waals surface area contributed by atoms with Crippen LogP contribution in [0.1, 0.15) is 63.5 Å². The van der Waals surface area contributed by atoms with Gasteiger partial charge in [0, 0.05) is 19.1 Å². The number of carbonyl (C=O) groups is 1. The van der Waals surface area contributed by atoms with Gasteiger partial charge in [-0.15, -0.1) is 0 Å². The van der Waals surface area contributed by atoms with Crippen molar-refractivity contribution >= 4 is 6.03 Å². The average molecular weight is 500 g/mol. The molecule has 3 rings (SSSR count). The third-order valence-electron chi connectivity index (χ3n) is 6.63. The minimum Gasteiger partial charge on any atom is -0.494 e. The van der Waals surface area contributed by atoms with Gasteiger partial charge in [0.05, 0.1) is 13.2 Å². The van der Waals surface area contributed by atoms with Crippen LogP contribution in [0.2, 0.25) is 0 Å². The minimum atomic E-state index is -0.368. The summed E-state index contributed by atoms with van der Waals surface area (Å²) in [5.41, 5.74) is 1.88. The number of nitrogens with one attached hydrogen (secondary N) is 1. The summed E-state index contributed by atoms with van der Waals surface area (Å²) in [5, 5.41) is 3.09. The molecule has 1 aliphatic heterocycles. The van der Waals surface area contributed by atoms with Gasteiger partial charge in [0.1, 0.15) is 5.75 Å². The molecule has 0 aromatic heterocycles. The quantitative estimate of drug-likeness (QED) is 0.344. The first-order chi connectivity index (χ1) is 17.5. The Bertz CT molecular complexity index is 930. The molecule has 0 saturated carbocycles. The number of piperidine rings is 1. The first-order valence-corrected chi connectivity index (χ1v) is 13.4. The lowest BCUT2D eigenvalue weighted by molar-refractivity contribution is 0.127. The molecular formula is C29H42FN3O3. The summed E-state index contributed by atoms with van der Waals surface area (Å²) in [6.45, 7) is 8.15. The smallest absolute Gasteiger partial charge is 0.318 e. The molecule has 1 fully saturated rings. The fourth-order valence-corrected chi connectivity index (χ4v) is 4.27. The van der Waals surface area contributed by atoms with Crippen LogP contribution in [0.15, 0.2) is 42.5 Å². The molecule has 0 bridgehead atoms. The summed E-state index contributed by atoms with van der Waals surface area (Å²) in [6, 6.07) is 12.8. The Kier molecular flexibility index (Phi) is 11.3. The van der Waals surface area contributed by atoms with E-state index in [1.54, 1.807) is 12.1 Å². The molecule has 1 heterocycles. The third-order valence-corrected chi connectivity index (χ3v) is 6.63. The molecule has 0 atom stereocenters. The highest BCUT2D eigenvalue weighted by atomic mass is 19.1. The Morgan fingerprint density at radius 2 is 1.64 bits per heavy atom. The largest absolute Gasteiger partial charge is 0.494 e. The summed E-state index contributed by atoms with van der Waals surface area (Å²) in [5.74, 6) is 0.734. The van der Waals surface area contributed by atoms with Crippen molar-refractivity contribution in [2.45, 2.75) is 71.5 Å². The summed E-state index contributed by atoms with van der Waals surface area (Å²) in [7, 11) is 2.11. The molecule has 7 heteroatoms. The summed E-state index contributed by atoms with van der Waals surface area (Å²) in [4.78, 5) is 17.6. The van der Waals surface area contributed by atoms with Crippen molar-refractivity contribution in [1.29, 1.82) is 0 Å². The van der Waals surface area contributed by atoms with Crippen molar-refractivity contribution in [3.8, 4) is 11.5 Å². The molecule has 2 aromatic carbocycles. The van der Waals surface area contributed by atoms with E-state index >= 15 is 0 Å². The van der Waals surface area contributed by atoms with Crippen LogP contribution in [0.25, 0.3) is 0 Å². The summed E-state index contributed by atoms with van der Waals surface area (Å²) >= 11 is 0. The molecule has 0 radical (unpaired) electrons. The van der Waals surface area contributed by atoms with Crippen LogP contribution in [0.5, 0.6) is 11.5 Å². The van der Waals surface area contributed by atoms with Crippen LogP contribution >= 0.6 is 0 Å². The lowest BCUT2D eigenvalue weighted by atomic mass is 10.0. The number of urea groups is 1. The number of hydrogen-bond acceptors (Lipinski definition) is 4. The zero-order chi connectivity index (χ0) is 25.8. The molecule has 198 valence electrons. The van der Waals surface area contributed by atoms with Gasteiger partial charge in [-0.3, -0.25) is 0 Å². The summed E-state index contributed by atoms with van der Waals surface area (Å²) in [6.07, 6.45) is 5.82. The van der Waals surface area contributed by atoms with Crippen LogP contribution in [0.3, 0.4) is 0 Å². The van der Waals surface area contributed by atoms with Gasteiger partial charge in [0.15, 0.2) is 11.6 Å². The highest BCUT2D eigenvalue weighted by Gasteiger charge is 2.27. The van der Waals surface area contributed by atoms with E-state index in [-0.39, 0.29) is 23.6 Å². The Balaban J connectivity index is 1.65. The van der Waals surface area contributed by atoms with Crippen LogP contribution in [-0.2, 0) is 13.1 Å². The van der Waals surface area contributed by atoms with E-state index in [4.69, 9.17) is 9.47 Å². The molecule has 6 nitrogen and oxygen atoms in total. The molecule has 2 amide bonds. The first kappa shape index (κ1) is 27.8. The van der Waals surface area contributed by atoms with Gasteiger partial charge in [-0.05, 0) is 81.2 Å². The highest BCUT2D eigenvalue weighted by molar-refractivity contribution is 5.74. The van der Waals surface area contributed by atoms with E-state index in [0.717, 1.165) is 68.5 Å². The van der Waals surface area contributed by atoms with Gasteiger partial charge in [0.25, 0.3) is 0 Å². The number of ether oxygens (including phenoxy) is 2. The number of amides is 2. The van der Waals surface area contributed by atoms with Crippen LogP contribution in [0.4, 0.5) is 9.18 Å². The molecule has 2 aromatic rings. The van der Waals surface area contributed by atoms with Crippen molar-refractivity contribution in [3.63, 3.8) is 0 Å². The summed E-state index contributed by atoms with van der Waals surface area (Å²) < 4.78 is 25.7. The zero-order valence-corrected chi connectivity index (χ0v) is 22.1. The number of benzene rings is 2. The number of unbranched alkanes of at least 4 members (excludes halogenated alkanes) is 2. The SMILES string of the molecule is CCCCOc1ccc(CNC(=O)N(Cc2ccc(F)c(OCCCC)c2)C2CCN(C)CC2)cc1. The van der Waals surface area contributed by atoms with E-state index in [1.807, 2.05) is 29.2 Å². The van der Waals surface area contributed by atoms with Crippen LogP contribution in [0, 0.1) is 5.82 Å². The maximum atomic E-state index is 14.3. The second-order valence-electron chi connectivity index (χ2n) is 9.63. The Morgan fingerprint density at radius 3 is 2.31 bits per heavy atom. The molecular weight excluding hydrogens is 457 g/mol. The van der Waals surface area contributed by atoms with E-state index < -0.39 is 0 Å². The van der Waals surface area contributed by atoms with E-state index in [2.05, 4.69) is 31.1 Å². The second-order valence-corrected chi connectivity index (χ2v) is 9.63. The van der Waals surface area contributed by atoms with Gasteiger partial charge >= 0.3 is 6.03 Å². The Labute approximate surface area is 215 Å². The zero-order valence-electron chi connectivity index (χ0n) is 22.1. The Hall–Kier alpha value is -2.80. The number of hydrogen-bond donors (Lipinski definition) is 1. The van der Waals surface area contributed by atoms with Crippen molar-refractivity contribution in [2.75, 3.05) is 33.4 Å². The average Bonchev–Trinajstić information content (AvgIpc) is 2.89. The molecule has 0 aliphatic carbocycles. The number of carbonyl (C=O) groups excluding carboxylic acids is 1. The molecule has 1 aliphatic rings. The van der Waals surface area contributed by atoms with Gasteiger partial charge in [-0.1, -0.05) is 44.9 Å². The second kappa shape index (κ2) is 14.7. The van der Waals surface area contributed by atoms with Crippen molar-refractivity contribution < 1.29 is 18.7 Å². The highest BCUT2D eigenvalue weighted by Crippen LogP contribution is 2.23. The number of rotatable bonds is 13. The van der Waals surface area contributed by atoms with Crippen LogP contribution < -0.4 is 14.8 Å². The monoisotopic (exact) mass is 499 g/mol. The predicted octanol–water partition coefficient (Wildman–Crippen LogP) is 5.99. The van der Waals surface area contributed by atoms with Crippen molar-refractivity contribution in [3.05, 3.63) is 59.4 Å². The number of halogens is 1. The minimum absolute atomic E-state index is 0.106. The standard InChI is InChI=1S/C29H42FN3O3/c1-4-6-18-35-26-11-8-23(9-12-26)21-31-29(34)33(25-14-16-32(3)17-15-25)22-24-10-13-27(30)28(20-24)36-19-7-5-2/h8-13,20,25H,4-7,14-19,21-22H2,1-3H3,(H,31,34). The fourth-order valence-electron chi connectivity index (χ4n) is 4.27. The Morgan fingerprint density at radius 1 is 1.00 bits per heavy atom. The number of likely N-dealkylation sites (tertiary alicyclic amines) is 1. The third kappa shape index (κ3) is 8.70. The predicted molar refractivity (Wildman–Crippen MR) is 142 cm³/mol. The van der Waals surface area contributed by atoms with Gasteiger partial charge in [-0.2, -0.15) is 0 Å². The number of nitrogens with zero attached hydrogens (tertiary/aromatic N) is 2. The molecule has 1 saturated heterocycles. The van der Waals surface area contributed by atoms with Gasteiger partial charge < -0.3 is 24.6 Å². The van der Waals surface area contributed by atoms with E-state index in [0.29, 0.717) is 26.3 Å². The first-order valence-electron chi connectivity index (χ1n) is 13.4. The van der Waals surface area contributed by atoms with Crippen LogP contribution in [-0.4, -0.2) is 55.2 Å².